The topological polar surface area (TPSA) is 80.4 Å². The van der Waals surface area contributed by atoms with Crippen molar-refractivity contribution in [2.45, 2.75) is 58.9 Å². The molecule has 146 valence electrons. The molecule has 1 aliphatic carbocycles. The van der Waals surface area contributed by atoms with E-state index in [2.05, 4.69) is 22.0 Å². The minimum atomic E-state index is -0.305. The van der Waals surface area contributed by atoms with Crippen LogP contribution in [0.25, 0.3) is 0 Å². The number of carbonyl (C=O) groups is 2. The fraction of sp³-hybridized carbons (Fsp3) is 0.550. The van der Waals surface area contributed by atoms with E-state index in [0.717, 1.165) is 11.4 Å². The second-order valence-electron chi connectivity index (χ2n) is 7.48. The van der Waals surface area contributed by atoms with Crippen LogP contribution in [0.15, 0.2) is 16.7 Å². The van der Waals surface area contributed by atoms with Crippen molar-refractivity contribution in [3.8, 4) is 0 Å². The molecule has 1 saturated carbocycles. The van der Waals surface area contributed by atoms with Crippen LogP contribution < -0.4 is 5.32 Å². The molecule has 27 heavy (non-hydrogen) atoms. The number of amides is 2. The Morgan fingerprint density at radius 3 is 2.56 bits per heavy atom. The molecule has 0 aromatic carbocycles. The molecule has 3 rings (SSSR count). The van der Waals surface area contributed by atoms with Gasteiger partial charge in [0.2, 0.25) is 5.91 Å². The van der Waals surface area contributed by atoms with E-state index in [1.165, 1.54) is 37.0 Å². The second kappa shape index (κ2) is 7.98. The van der Waals surface area contributed by atoms with Gasteiger partial charge in [0.25, 0.3) is 5.91 Å². The summed E-state index contributed by atoms with van der Waals surface area (Å²) in [6.45, 7) is 5.76. The van der Waals surface area contributed by atoms with E-state index in [0.29, 0.717) is 23.2 Å². The Balaban J connectivity index is 1.68. The predicted molar refractivity (Wildman–Crippen MR) is 103 cm³/mol. The summed E-state index contributed by atoms with van der Waals surface area (Å²) in [5.74, 6) is 0.524. The lowest BCUT2D eigenvalue weighted by atomic mass is 9.95. The fourth-order valence-corrected chi connectivity index (χ4v) is 4.00. The molecule has 0 spiro atoms. The van der Waals surface area contributed by atoms with Crippen LogP contribution in [0.3, 0.4) is 0 Å². The van der Waals surface area contributed by atoms with Gasteiger partial charge in [-0.1, -0.05) is 24.4 Å². The lowest BCUT2D eigenvalue weighted by Gasteiger charge is -2.26. The highest BCUT2D eigenvalue weighted by atomic mass is 16.5. The van der Waals surface area contributed by atoms with Crippen LogP contribution in [0, 0.1) is 20.8 Å². The van der Waals surface area contributed by atoms with Gasteiger partial charge in [0.05, 0.1) is 12.1 Å². The average molecular weight is 372 g/mol. The number of aromatic nitrogens is 2. The number of aryl methyl sites for hydroxylation is 2. The second-order valence-corrected chi connectivity index (χ2v) is 7.48. The summed E-state index contributed by atoms with van der Waals surface area (Å²) < 4.78 is 7.23. The van der Waals surface area contributed by atoms with Crippen LogP contribution in [-0.4, -0.2) is 40.0 Å². The number of hydrogen-bond donors (Lipinski definition) is 1. The van der Waals surface area contributed by atoms with Crippen molar-refractivity contribution in [2.75, 3.05) is 18.9 Å². The molecular formula is C20H28N4O3. The molecular weight excluding hydrogens is 344 g/mol. The lowest BCUT2D eigenvalue weighted by Crippen LogP contribution is -2.35. The zero-order chi connectivity index (χ0) is 19.6. The Hall–Kier alpha value is -2.57. The molecule has 7 heteroatoms. The molecule has 2 aromatic heterocycles. The molecule has 2 heterocycles. The predicted octanol–water partition coefficient (Wildman–Crippen LogP) is 3.62. The fourth-order valence-electron chi connectivity index (χ4n) is 4.00. The van der Waals surface area contributed by atoms with Gasteiger partial charge in [-0.05, 0) is 39.7 Å². The summed E-state index contributed by atoms with van der Waals surface area (Å²) in [6.07, 6.45) is 6.11. The third-order valence-electron chi connectivity index (χ3n) is 5.28. The molecule has 2 aromatic rings. The third-order valence-corrected chi connectivity index (χ3v) is 5.28. The van der Waals surface area contributed by atoms with E-state index >= 15 is 0 Å². The van der Waals surface area contributed by atoms with Crippen LogP contribution in [0.4, 0.5) is 5.82 Å². The number of hydrogen-bond acceptors (Lipinski definition) is 4. The first-order chi connectivity index (χ1) is 12.9. The maximum absolute atomic E-state index is 12.9. The van der Waals surface area contributed by atoms with E-state index in [1.54, 1.807) is 20.0 Å². The van der Waals surface area contributed by atoms with Gasteiger partial charge < -0.3 is 19.3 Å². The number of nitrogens with zero attached hydrogens (tertiary/aromatic N) is 3. The van der Waals surface area contributed by atoms with Crippen LogP contribution in [0.1, 0.15) is 65.7 Å². The van der Waals surface area contributed by atoms with Crippen LogP contribution >= 0.6 is 0 Å². The molecule has 0 atom stereocenters. The van der Waals surface area contributed by atoms with Crippen LogP contribution in [-0.2, 0) is 4.79 Å². The van der Waals surface area contributed by atoms with Gasteiger partial charge in [-0.25, -0.2) is 0 Å². The molecule has 0 unspecified atom stereocenters. The normalized spacial score (nSPS) is 15.0. The minimum absolute atomic E-state index is 0.0438. The molecule has 7 nitrogen and oxygen atoms in total. The van der Waals surface area contributed by atoms with E-state index < -0.39 is 0 Å². The minimum Gasteiger partial charge on any atom is -0.360 e. The highest BCUT2D eigenvalue weighted by Crippen LogP contribution is 2.32. The van der Waals surface area contributed by atoms with Crippen molar-refractivity contribution in [1.82, 2.24) is 14.6 Å². The van der Waals surface area contributed by atoms with Crippen LogP contribution in [0.2, 0.25) is 0 Å². The maximum atomic E-state index is 12.9. The average Bonchev–Trinajstić information content (AvgIpc) is 3.17. The molecule has 0 saturated heterocycles. The van der Waals surface area contributed by atoms with Crippen molar-refractivity contribution in [3.63, 3.8) is 0 Å². The molecule has 1 fully saturated rings. The highest BCUT2D eigenvalue weighted by Gasteiger charge is 2.25. The molecule has 0 radical (unpaired) electrons. The molecule has 0 bridgehead atoms. The Labute approximate surface area is 159 Å². The smallest absolute Gasteiger partial charge is 0.255 e. The van der Waals surface area contributed by atoms with E-state index in [-0.39, 0.29) is 18.4 Å². The van der Waals surface area contributed by atoms with E-state index in [9.17, 15) is 9.59 Å². The highest BCUT2D eigenvalue weighted by molar-refractivity contribution is 5.99. The quantitative estimate of drug-likeness (QED) is 0.869. The summed E-state index contributed by atoms with van der Waals surface area (Å²) in [4.78, 5) is 26.5. The summed E-state index contributed by atoms with van der Waals surface area (Å²) in [7, 11) is 1.64. The molecule has 0 aliphatic heterocycles. The Morgan fingerprint density at radius 2 is 1.93 bits per heavy atom. The Morgan fingerprint density at radius 1 is 1.22 bits per heavy atom. The van der Waals surface area contributed by atoms with E-state index in [1.807, 2.05) is 13.0 Å². The van der Waals surface area contributed by atoms with Gasteiger partial charge in [0.15, 0.2) is 5.82 Å². The third kappa shape index (κ3) is 4.23. The SMILES string of the molecule is Cc1cc(NC(=O)CN(C)C(=O)c2cc(C)n(C3CCCCC3)c2C)no1. The zero-order valence-corrected chi connectivity index (χ0v) is 16.5. The lowest BCUT2D eigenvalue weighted by molar-refractivity contribution is -0.116. The van der Waals surface area contributed by atoms with Crippen molar-refractivity contribution < 1.29 is 14.1 Å². The van der Waals surface area contributed by atoms with Crippen molar-refractivity contribution in [3.05, 3.63) is 34.8 Å². The first-order valence-corrected chi connectivity index (χ1v) is 9.54. The molecule has 2 amide bonds. The maximum Gasteiger partial charge on any atom is 0.255 e. The van der Waals surface area contributed by atoms with Gasteiger partial charge in [0, 0.05) is 30.5 Å². The number of rotatable bonds is 5. The number of likely N-dealkylation sites (N-methyl/N-ethyl adjacent to an activating group) is 1. The van der Waals surface area contributed by atoms with Crippen molar-refractivity contribution >= 4 is 17.6 Å². The van der Waals surface area contributed by atoms with Gasteiger partial charge in [0.1, 0.15) is 5.76 Å². The summed E-state index contributed by atoms with van der Waals surface area (Å²) >= 11 is 0. The first-order valence-electron chi connectivity index (χ1n) is 9.54. The monoisotopic (exact) mass is 372 g/mol. The first kappa shape index (κ1) is 19.2. The van der Waals surface area contributed by atoms with Gasteiger partial charge >= 0.3 is 0 Å². The number of anilines is 1. The zero-order valence-electron chi connectivity index (χ0n) is 16.5. The Kier molecular flexibility index (Phi) is 5.68. The number of nitrogens with one attached hydrogen (secondary N) is 1. The largest absolute Gasteiger partial charge is 0.360 e. The molecule has 1 N–H and O–H groups in total. The summed E-state index contributed by atoms with van der Waals surface area (Å²) in [5, 5.41) is 6.37. The number of carbonyl (C=O) groups excluding carboxylic acids is 2. The van der Waals surface area contributed by atoms with Crippen molar-refractivity contribution in [1.29, 1.82) is 0 Å². The Bertz CT molecular complexity index is 830. The van der Waals surface area contributed by atoms with Gasteiger partial charge in [-0.2, -0.15) is 0 Å². The standard InChI is InChI=1S/C20H28N4O3/c1-13-10-17(15(3)24(13)16-8-6-5-7-9-16)20(26)23(4)12-19(25)21-18-11-14(2)27-22-18/h10-11,16H,5-9,12H2,1-4H3,(H,21,22,25). The van der Waals surface area contributed by atoms with Crippen LogP contribution in [0.5, 0.6) is 0 Å². The summed E-state index contributed by atoms with van der Waals surface area (Å²) in [6, 6.07) is 4.06. The molecule has 1 aliphatic rings. The van der Waals surface area contributed by atoms with Gasteiger partial charge in [-0.15, -0.1) is 0 Å². The van der Waals surface area contributed by atoms with E-state index in [4.69, 9.17) is 4.52 Å². The summed E-state index contributed by atoms with van der Waals surface area (Å²) in [5.41, 5.74) is 2.77. The van der Waals surface area contributed by atoms with Gasteiger partial charge in [-0.3, -0.25) is 9.59 Å². The van der Waals surface area contributed by atoms with Crippen molar-refractivity contribution in [2.24, 2.45) is 0 Å².